The minimum absolute atomic E-state index is 0.00628. The van der Waals surface area contributed by atoms with Crippen LogP contribution in [0.3, 0.4) is 0 Å². The Labute approximate surface area is 107 Å². The summed E-state index contributed by atoms with van der Waals surface area (Å²) in [5.74, 6) is -0.414. The molecule has 0 aliphatic rings. The molecule has 0 aliphatic heterocycles. The highest BCUT2D eigenvalue weighted by Crippen LogP contribution is 2.15. The van der Waals surface area contributed by atoms with Crippen molar-refractivity contribution in [3.05, 3.63) is 29.8 Å². The Balaban J connectivity index is 2.79. The lowest BCUT2D eigenvalue weighted by Crippen LogP contribution is -2.21. The van der Waals surface area contributed by atoms with E-state index in [-0.39, 0.29) is 11.8 Å². The minimum Gasteiger partial charge on any atom is -0.465 e. The molecular weight excluding hydrogens is 230 g/mol. The largest absolute Gasteiger partial charge is 0.465 e. The van der Waals surface area contributed by atoms with Crippen LogP contribution >= 0.6 is 0 Å². The lowest BCUT2D eigenvalue weighted by molar-refractivity contribution is -0.120. The third-order valence-electron chi connectivity index (χ3n) is 2.91. The number of rotatable bonds is 5. The Morgan fingerprint density at radius 3 is 2.50 bits per heavy atom. The van der Waals surface area contributed by atoms with Gasteiger partial charge in [0.2, 0.25) is 5.91 Å². The van der Waals surface area contributed by atoms with Crippen LogP contribution < -0.4 is 5.32 Å². The van der Waals surface area contributed by atoms with Crippen LogP contribution in [0.15, 0.2) is 24.3 Å². The Hall–Kier alpha value is -1.84. The monoisotopic (exact) mass is 249 g/mol. The summed E-state index contributed by atoms with van der Waals surface area (Å²) in [4.78, 5) is 23.3. The zero-order chi connectivity index (χ0) is 13.5. The molecule has 0 aromatic heterocycles. The van der Waals surface area contributed by atoms with E-state index in [0.29, 0.717) is 11.3 Å². The van der Waals surface area contributed by atoms with E-state index in [1.165, 1.54) is 7.11 Å². The van der Waals surface area contributed by atoms with Crippen molar-refractivity contribution in [3.63, 3.8) is 0 Å². The fourth-order valence-electron chi connectivity index (χ4n) is 1.75. The van der Waals surface area contributed by atoms with Crippen molar-refractivity contribution in [1.29, 1.82) is 0 Å². The van der Waals surface area contributed by atoms with E-state index in [0.717, 1.165) is 12.8 Å². The molecule has 1 amide bonds. The molecule has 4 nitrogen and oxygen atoms in total. The first-order chi connectivity index (χ1) is 8.62. The van der Waals surface area contributed by atoms with Gasteiger partial charge in [0, 0.05) is 11.6 Å². The molecule has 4 heteroatoms. The summed E-state index contributed by atoms with van der Waals surface area (Å²) >= 11 is 0. The molecule has 1 N–H and O–H groups in total. The van der Waals surface area contributed by atoms with E-state index < -0.39 is 5.97 Å². The molecule has 0 heterocycles. The van der Waals surface area contributed by atoms with Crippen LogP contribution in [0.4, 0.5) is 5.69 Å². The molecule has 0 aliphatic carbocycles. The molecule has 0 bridgehead atoms. The average Bonchev–Trinajstić information content (AvgIpc) is 2.39. The molecule has 0 spiro atoms. The second-order valence-electron chi connectivity index (χ2n) is 4.08. The summed E-state index contributed by atoms with van der Waals surface area (Å²) in [7, 11) is 1.33. The molecule has 0 saturated heterocycles. The first kappa shape index (κ1) is 14.2. The van der Waals surface area contributed by atoms with Gasteiger partial charge >= 0.3 is 5.97 Å². The van der Waals surface area contributed by atoms with Crippen LogP contribution in [0.1, 0.15) is 37.0 Å². The van der Waals surface area contributed by atoms with Gasteiger partial charge in [0.1, 0.15) is 0 Å². The molecule has 1 rings (SSSR count). The lowest BCUT2D eigenvalue weighted by Gasteiger charge is -2.13. The number of methoxy groups -OCH3 is 1. The SMILES string of the molecule is CCC(CC)C(=O)Nc1cccc(C(=O)OC)c1. The van der Waals surface area contributed by atoms with Crippen LogP contribution in [0.25, 0.3) is 0 Å². The predicted octanol–water partition coefficient (Wildman–Crippen LogP) is 2.85. The maximum atomic E-state index is 11.9. The first-order valence-corrected chi connectivity index (χ1v) is 6.11. The number of nitrogens with one attached hydrogen (secondary N) is 1. The van der Waals surface area contributed by atoms with Crippen molar-refractivity contribution in [2.45, 2.75) is 26.7 Å². The average molecular weight is 249 g/mol. The van der Waals surface area contributed by atoms with Crippen LogP contribution in [-0.4, -0.2) is 19.0 Å². The maximum absolute atomic E-state index is 11.9. The highest BCUT2D eigenvalue weighted by Gasteiger charge is 2.14. The number of carbonyl (C=O) groups excluding carboxylic acids is 2. The standard InChI is InChI=1S/C14H19NO3/c1-4-10(5-2)13(16)15-12-8-6-7-11(9-12)14(17)18-3/h6-10H,4-5H2,1-3H3,(H,15,16). The molecule has 0 saturated carbocycles. The van der Waals surface area contributed by atoms with Crippen molar-refractivity contribution in [2.75, 3.05) is 12.4 Å². The molecule has 0 radical (unpaired) electrons. The van der Waals surface area contributed by atoms with E-state index >= 15 is 0 Å². The van der Waals surface area contributed by atoms with Crippen molar-refractivity contribution in [3.8, 4) is 0 Å². The number of hydrogen-bond acceptors (Lipinski definition) is 3. The molecule has 0 fully saturated rings. The van der Waals surface area contributed by atoms with Gasteiger partial charge in [-0.15, -0.1) is 0 Å². The van der Waals surface area contributed by atoms with E-state index in [9.17, 15) is 9.59 Å². The number of benzene rings is 1. The Morgan fingerprint density at radius 2 is 1.94 bits per heavy atom. The zero-order valence-electron chi connectivity index (χ0n) is 11.0. The zero-order valence-corrected chi connectivity index (χ0v) is 11.0. The number of anilines is 1. The van der Waals surface area contributed by atoms with Crippen LogP contribution in [0.5, 0.6) is 0 Å². The minimum atomic E-state index is -0.409. The predicted molar refractivity (Wildman–Crippen MR) is 70.5 cm³/mol. The Kier molecular flexibility index (Phi) is 5.36. The number of hydrogen-bond donors (Lipinski definition) is 1. The first-order valence-electron chi connectivity index (χ1n) is 6.11. The van der Waals surface area contributed by atoms with Crippen molar-refractivity contribution >= 4 is 17.6 Å². The second kappa shape index (κ2) is 6.79. The summed E-state index contributed by atoms with van der Waals surface area (Å²) in [6, 6.07) is 6.74. The van der Waals surface area contributed by atoms with Crippen molar-refractivity contribution in [1.82, 2.24) is 0 Å². The van der Waals surface area contributed by atoms with Gasteiger partial charge in [-0.2, -0.15) is 0 Å². The van der Waals surface area contributed by atoms with Gasteiger partial charge in [-0.1, -0.05) is 19.9 Å². The van der Waals surface area contributed by atoms with Gasteiger partial charge in [-0.3, -0.25) is 4.79 Å². The molecule has 1 aromatic carbocycles. The van der Waals surface area contributed by atoms with Gasteiger partial charge in [0.25, 0.3) is 0 Å². The fourth-order valence-corrected chi connectivity index (χ4v) is 1.75. The third kappa shape index (κ3) is 3.58. The normalized spacial score (nSPS) is 10.2. The molecule has 18 heavy (non-hydrogen) atoms. The summed E-state index contributed by atoms with van der Waals surface area (Å²) in [5.41, 5.74) is 1.05. The fraction of sp³-hybridized carbons (Fsp3) is 0.429. The van der Waals surface area contributed by atoms with Crippen LogP contribution in [0, 0.1) is 5.92 Å². The van der Waals surface area contributed by atoms with Gasteiger partial charge < -0.3 is 10.1 Å². The Bertz CT molecular complexity index is 425. The second-order valence-corrected chi connectivity index (χ2v) is 4.08. The van der Waals surface area contributed by atoms with E-state index in [1.54, 1.807) is 24.3 Å². The summed E-state index contributed by atoms with van der Waals surface area (Å²) in [6.07, 6.45) is 1.61. The van der Waals surface area contributed by atoms with E-state index in [4.69, 9.17) is 0 Å². The summed E-state index contributed by atoms with van der Waals surface area (Å²) in [6.45, 7) is 3.97. The summed E-state index contributed by atoms with van der Waals surface area (Å²) < 4.78 is 4.63. The van der Waals surface area contributed by atoms with E-state index in [1.807, 2.05) is 13.8 Å². The van der Waals surface area contributed by atoms with E-state index in [2.05, 4.69) is 10.1 Å². The Morgan fingerprint density at radius 1 is 1.28 bits per heavy atom. The third-order valence-corrected chi connectivity index (χ3v) is 2.91. The highest BCUT2D eigenvalue weighted by atomic mass is 16.5. The van der Waals surface area contributed by atoms with Gasteiger partial charge in [0.15, 0.2) is 0 Å². The molecule has 0 unspecified atom stereocenters. The number of amides is 1. The van der Waals surface area contributed by atoms with Crippen LogP contribution in [-0.2, 0) is 9.53 Å². The number of esters is 1. The van der Waals surface area contributed by atoms with Gasteiger partial charge in [-0.25, -0.2) is 4.79 Å². The smallest absolute Gasteiger partial charge is 0.337 e. The highest BCUT2D eigenvalue weighted by molar-refractivity contribution is 5.95. The molecule has 98 valence electrons. The number of ether oxygens (including phenoxy) is 1. The summed E-state index contributed by atoms with van der Waals surface area (Å²) in [5, 5.41) is 2.82. The topological polar surface area (TPSA) is 55.4 Å². The lowest BCUT2D eigenvalue weighted by atomic mass is 10.0. The molecule has 1 aromatic rings. The number of carbonyl (C=O) groups is 2. The molecule has 0 atom stereocenters. The van der Waals surface area contributed by atoms with Gasteiger partial charge in [-0.05, 0) is 31.0 Å². The van der Waals surface area contributed by atoms with Gasteiger partial charge in [0.05, 0.1) is 12.7 Å². The van der Waals surface area contributed by atoms with Crippen molar-refractivity contribution in [2.24, 2.45) is 5.92 Å². The maximum Gasteiger partial charge on any atom is 0.337 e. The van der Waals surface area contributed by atoms with Crippen molar-refractivity contribution < 1.29 is 14.3 Å². The quantitative estimate of drug-likeness (QED) is 0.816. The molecular formula is C14H19NO3. The van der Waals surface area contributed by atoms with Crippen LogP contribution in [0.2, 0.25) is 0 Å².